The van der Waals surface area contributed by atoms with Gasteiger partial charge in [-0.05, 0) is 24.1 Å². The molecule has 3 rings (SSSR count). The van der Waals surface area contributed by atoms with Gasteiger partial charge in [-0.1, -0.05) is 12.1 Å². The first-order valence-corrected chi connectivity index (χ1v) is 4.78. The fourth-order valence-corrected chi connectivity index (χ4v) is 2.53. The van der Waals surface area contributed by atoms with E-state index in [0.717, 1.165) is 18.7 Å². The number of amides is 1. The number of hydrogen-bond acceptors (Lipinski definition) is 2. The smallest absolute Gasteiger partial charge is 0.221 e. The van der Waals surface area contributed by atoms with Crippen molar-refractivity contribution in [3.8, 4) is 0 Å². The van der Waals surface area contributed by atoms with Crippen molar-refractivity contribution >= 4 is 11.6 Å². The number of fused-ring (bicyclic) bond motifs is 2. The van der Waals surface area contributed by atoms with Gasteiger partial charge in [-0.15, -0.1) is 0 Å². The molecule has 2 atom stereocenters. The molecule has 3 N–H and O–H groups in total. The maximum atomic E-state index is 11.1. The molecular formula is C11H11N2O. The van der Waals surface area contributed by atoms with Crippen LogP contribution >= 0.6 is 0 Å². The van der Waals surface area contributed by atoms with Crippen LogP contribution in [-0.4, -0.2) is 12.5 Å². The lowest BCUT2D eigenvalue weighted by atomic mass is 9.95. The van der Waals surface area contributed by atoms with Crippen molar-refractivity contribution < 1.29 is 4.79 Å². The van der Waals surface area contributed by atoms with Crippen molar-refractivity contribution in [2.45, 2.75) is 11.8 Å². The van der Waals surface area contributed by atoms with E-state index >= 15 is 0 Å². The van der Waals surface area contributed by atoms with Crippen molar-refractivity contribution in [2.24, 2.45) is 11.7 Å². The van der Waals surface area contributed by atoms with Gasteiger partial charge in [0.15, 0.2) is 0 Å². The van der Waals surface area contributed by atoms with E-state index in [0.29, 0.717) is 0 Å². The van der Waals surface area contributed by atoms with Crippen molar-refractivity contribution in [2.75, 3.05) is 11.9 Å². The number of nitrogens with two attached hydrogens (primary N) is 1. The van der Waals surface area contributed by atoms with Gasteiger partial charge >= 0.3 is 0 Å². The Bertz CT molecular complexity index is 416. The van der Waals surface area contributed by atoms with E-state index in [1.165, 1.54) is 5.56 Å². The Morgan fingerprint density at radius 2 is 2.57 bits per heavy atom. The normalized spacial score (nSPS) is 32.4. The van der Waals surface area contributed by atoms with E-state index in [2.05, 4.69) is 11.4 Å². The van der Waals surface area contributed by atoms with Gasteiger partial charge in [0.1, 0.15) is 0 Å². The Hall–Kier alpha value is -1.51. The molecule has 0 bridgehead atoms. The highest BCUT2D eigenvalue weighted by Crippen LogP contribution is 2.58. The summed E-state index contributed by atoms with van der Waals surface area (Å²) >= 11 is 0. The van der Waals surface area contributed by atoms with Gasteiger partial charge in [0.2, 0.25) is 5.91 Å². The van der Waals surface area contributed by atoms with Gasteiger partial charge in [0, 0.05) is 17.6 Å². The molecule has 2 unspecified atom stereocenters. The largest absolute Gasteiger partial charge is 0.384 e. The summed E-state index contributed by atoms with van der Waals surface area (Å²) in [5, 5.41) is 3.30. The molecule has 2 aliphatic rings. The molecule has 1 spiro atoms. The van der Waals surface area contributed by atoms with Crippen LogP contribution in [0.4, 0.5) is 5.69 Å². The van der Waals surface area contributed by atoms with Crippen LogP contribution in [0.5, 0.6) is 0 Å². The van der Waals surface area contributed by atoms with Gasteiger partial charge in [-0.25, -0.2) is 0 Å². The monoisotopic (exact) mass is 187 g/mol. The number of nitrogens with one attached hydrogen (secondary N) is 1. The summed E-state index contributed by atoms with van der Waals surface area (Å²) in [6.07, 6.45) is 0.895. The average Bonchev–Trinajstić information content (AvgIpc) is 2.80. The van der Waals surface area contributed by atoms with Crippen molar-refractivity contribution in [1.29, 1.82) is 0 Å². The van der Waals surface area contributed by atoms with E-state index in [4.69, 9.17) is 5.73 Å². The van der Waals surface area contributed by atoms with E-state index < -0.39 is 0 Å². The van der Waals surface area contributed by atoms with Crippen LogP contribution in [0.1, 0.15) is 12.0 Å². The molecule has 1 fully saturated rings. The molecule has 1 aromatic rings. The molecule has 1 amide bonds. The summed E-state index contributed by atoms with van der Waals surface area (Å²) in [5.74, 6) is -0.147. The third-order valence-corrected chi connectivity index (χ3v) is 3.41. The minimum Gasteiger partial charge on any atom is -0.384 e. The number of carbonyl (C=O) groups excluding carboxylic acids is 1. The lowest BCUT2D eigenvalue weighted by molar-refractivity contribution is -0.119. The summed E-state index contributed by atoms with van der Waals surface area (Å²) in [6, 6.07) is 8.89. The number of benzene rings is 1. The fraction of sp³-hybridized carbons (Fsp3) is 0.364. The summed E-state index contributed by atoms with van der Waals surface area (Å²) < 4.78 is 0. The van der Waals surface area contributed by atoms with Gasteiger partial charge in [0.05, 0.1) is 5.92 Å². The minimum absolute atomic E-state index is 0.0102. The van der Waals surface area contributed by atoms with Gasteiger partial charge in [-0.3, -0.25) is 4.79 Å². The number of hydrogen-bond donors (Lipinski definition) is 2. The summed E-state index contributed by atoms with van der Waals surface area (Å²) in [5.41, 5.74) is 7.69. The van der Waals surface area contributed by atoms with Gasteiger partial charge in [-0.2, -0.15) is 0 Å². The molecule has 14 heavy (non-hydrogen) atoms. The molecule has 1 radical (unpaired) electrons. The van der Waals surface area contributed by atoms with Crippen LogP contribution in [-0.2, 0) is 10.2 Å². The second-order valence-corrected chi connectivity index (χ2v) is 4.14. The Balaban J connectivity index is 2.04. The standard InChI is InChI=1S/C11H11N2O/c12-10(14)8-5-11(8)6-13-9-4-2-1-3-7(9)11/h1,3-4,8,13H,5-6H2,(H2,12,14). The van der Waals surface area contributed by atoms with E-state index in [1.54, 1.807) is 0 Å². The first kappa shape index (κ1) is 7.85. The SMILES string of the molecule is NC(=O)C1CC12CNc1c[c]ccc12. The highest BCUT2D eigenvalue weighted by atomic mass is 16.1. The number of primary amides is 1. The van der Waals surface area contributed by atoms with Crippen molar-refractivity contribution in [1.82, 2.24) is 0 Å². The van der Waals surface area contributed by atoms with Crippen LogP contribution in [0.15, 0.2) is 18.2 Å². The minimum atomic E-state index is -0.174. The Labute approximate surface area is 82.3 Å². The molecule has 0 saturated heterocycles. The highest BCUT2D eigenvalue weighted by molar-refractivity contribution is 5.85. The number of anilines is 1. The zero-order chi connectivity index (χ0) is 9.76. The molecule has 3 heteroatoms. The third kappa shape index (κ3) is 0.794. The zero-order valence-electron chi connectivity index (χ0n) is 7.71. The van der Waals surface area contributed by atoms with Gasteiger partial charge < -0.3 is 11.1 Å². The highest BCUT2D eigenvalue weighted by Gasteiger charge is 2.61. The number of carbonyl (C=O) groups is 1. The molecule has 1 aromatic carbocycles. The summed E-state index contributed by atoms with van der Waals surface area (Å²) in [4.78, 5) is 11.1. The van der Waals surface area contributed by atoms with Crippen LogP contribution in [0, 0.1) is 12.0 Å². The first-order valence-electron chi connectivity index (χ1n) is 4.78. The summed E-state index contributed by atoms with van der Waals surface area (Å²) in [7, 11) is 0. The lowest BCUT2D eigenvalue weighted by Crippen LogP contribution is -2.22. The molecule has 1 aliphatic heterocycles. The predicted molar refractivity (Wildman–Crippen MR) is 52.7 cm³/mol. The molecule has 3 nitrogen and oxygen atoms in total. The predicted octanol–water partition coefficient (Wildman–Crippen LogP) is 0.655. The molecule has 1 saturated carbocycles. The average molecular weight is 187 g/mol. The van der Waals surface area contributed by atoms with Crippen LogP contribution in [0.3, 0.4) is 0 Å². The topological polar surface area (TPSA) is 55.1 Å². The van der Waals surface area contributed by atoms with Gasteiger partial charge in [0.25, 0.3) is 0 Å². The number of rotatable bonds is 1. The first-order chi connectivity index (χ1) is 6.74. The van der Waals surface area contributed by atoms with E-state index in [9.17, 15) is 4.79 Å². The third-order valence-electron chi connectivity index (χ3n) is 3.41. The molecule has 71 valence electrons. The lowest BCUT2D eigenvalue weighted by Gasteiger charge is -2.06. The maximum Gasteiger partial charge on any atom is 0.221 e. The fourth-order valence-electron chi connectivity index (χ4n) is 2.53. The molecular weight excluding hydrogens is 176 g/mol. The van der Waals surface area contributed by atoms with E-state index in [-0.39, 0.29) is 17.2 Å². The van der Waals surface area contributed by atoms with E-state index in [1.807, 2.05) is 18.2 Å². The summed E-state index contributed by atoms with van der Waals surface area (Å²) in [6.45, 7) is 0.841. The zero-order valence-corrected chi connectivity index (χ0v) is 7.71. The van der Waals surface area contributed by atoms with Crippen LogP contribution in [0.25, 0.3) is 0 Å². The maximum absolute atomic E-state index is 11.1. The second-order valence-electron chi connectivity index (χ2n) is 4.14. The van der Waals surface area contributed by atoms with Crippen LogP contribution < -0.4 is 11.1 Å². The molecule has 1 heterocycles. The van der Waals surface area contributed by atoms with Crippen molar-refractivity contribution in [3.05, 3.63) is 29.8 Å². The quantitative estimate of drug-likeness (QED) is 0.678. The van der Waals surface area contributed by atoms with Crippen molar-refractivity contribution in [3.63, 3.8) is 0 Å². The second kappa shape index (κ2) is 2.29. The Kier molecular flexibility index (Phi) is 1.29. The Morgan fingerprint density at radius 3 is 3.29 bits per heavy atom. The molecule has 1 aliphatic carbocycles. The Morgan fingerprint density at radius 1 is 1.71 bits per heavy atom. The molecule has 0 aromatic heterocycles. The van der Waals surface area contributed by atoms with Crippen LogP contribution in [0.2, 0.25) is 0 Å².